The fraction of sp³-hybridized carbons (Fsp3) is 0.0909. The summed E-state index contributed by atoms with van der Waals surface area (Å²) in [5, 5.41) is 0.532. The summed E-state index contributed by atoms with van der Waals surface area (Å²) in [5.74, 6) is -2.95. The van der Waals surface area contributed by atoms with Gasteiger partial charge in [-0.3, -0.25) is 0 Å². The van der Waals surface area contributed by atoms with Crippen LogP contribution in [-0.2, 0) is 11.2 Å². The summed E-state index contributed by atoms with van der Waals surface area (Å²) in [6, 6.07) is 6.60. The van der Waals surface area contributed by atoms with E-state index in [1.165, 1.54) is 0 Å². The van der Waals surface area contributed by atoms with E-state index >= 15 is 0 Å². The maximum Gasteiger partial charge on any atom is 0.402 e. The lowest BCUT2D eigenvalue weighted by Gasteiger charge is -2.10. The van der Waals surface area contributed by atoms with Crippen molar-refractivity contribution in [3.8, 4) is 11.3 Å². The summed E-state index contributed by atoms with van der Waals surface area (Å²) < 4.78 is 37.9. The van der Waals surface area contributed by atoms with Crippen LogP contribution in [0.2, 0.25) is 5.02 Å². The lowest BCUT2D eigenvalue weighted by molar-refractivity contribution is 0.235. The van der Waals surface area contributed by atoms with Gasteiger partial charge in [0.1, 0.15) is 14.8 Å². The normalized spacial score (nSPS) is 13.0. The maximum atomic E-state index is 12.7. The van der Waals surface area contributed by atoms with Crippen molar-refractivity contribution in [3.05, 3.63) is 38.4 Å². The second-order valence-electron chi connectivity index (χ2n) is 3.52. The molecule has 1 aromatic heterocycles. The first-order valence-corrected chi connectivity index (χ1v) is 8.11. The second kappa shape index (κ2) is 6.13. The van der Waals surface area contributed by atoms with Gasteiger partial charge in [0.15, 0.2) is 4.90 Å². The number of rotatable bonds is 3. The van der Waals surface area contributed by atoms with Crippen LogP contribution in [-0.4, -0.2) is 15.3 Å². The van der Waals surface area contributed by atoms with Gasteiger partial charge in [-0.2, -0.15) is 8.78 Å². The second-order valence-corrected chi connectivity index (χ2v) is 6.90. The van der Waals surface area contributed by atoms with Crippen molar-refractivity contribution in [2.45, 2.75) is 10.7 Å². The molecule has 0 bridgehead atoms. The summed E-state index contributed by atoms with van der Waals surface area (Å²) in [7, 11) is 0. The van der Waals surface area contributed by atoms with Crippen molar-refractivity contribution < 1.29 is 13.3 Å². The maximum absolute atomic E-state index is 12.7. The van der Waals surface area contributed by atoms with E-state index in [0.717, 1.165) is 0 Å². The molecule has 1 atom stereocenters. The molecule has 2 rings (SSSR count). The summed E-state index contributed by atoms with van der Waals surface area (Å²) in [4.78, 5) is 2.92. The van der Waals surface area contributed by atoms with Crippen LogP contribution in [0.3, 0.4) is 0 Å². The third-order valence-electron chi connectivity index (χ3n) is 2.35. The van der Waals surface area contributed by atoms with Crippen molar-refractivity contribution in [2.75, 3.05) is 0 Å². The number of aromatic nitrogens is 1. The van der Waals surface area contributed by atoms with Gasteiger partial charge in [-0.25, -0.2) is 0 Å². The molecule has 0 saturated heterocycles. The molecular formula is C11H6Br2ClF2NOS. The van der Waals surface area contributed by atoms with E-state index in [4.69, 9.17) is 11.6 Å². The van der Waals surface area contributed by atoms with Crippen LogP contribution in [0, 0.1) is 0 Å². The fourth-order valence-corrected chi connectivity index (χ4v) is 3.79. The van der Waals surface area contributed by atoms with Gasteiger partial charge in [0.05, 0.1) is 11.2 Å². The SMILES string of the molecule is [O-][S+](c1c(-c2ccc(Cl)cc2)[nH]c(Br)c1Br)C(F)F. The van der Waals surface area contributed by atoms with Crippen LogP contribution in [0.1, 0.15) is 0 Å². The zero-order valence-electron chi connectivity index (χ0n) is 9.09. The monoisotopic (exact) mass is 431 g/mol. The summed E-state index contributed by atoms with van der Waals surface area (Å²) in [5.41, 5.74) is 0.994. The first-order valence-electron chi connectivity index (χ1n) is 4.93. The summed E-state index contributed by atoms with van der Waals surface area (Å²) in [6.45, 7) is 0. The van der Waals surface area contributed by atoms with Gasteiger partial charge in [0.25, 0.3) is 0 Å². The molecule has 0 amide bonds. The topological polar surface area (TPSA) is 38.8 Å². The van der Waals surface area contributed by atoms with Crippen LogP contribution < -0.4 is 0 Å². The van der Waals surface area contributed by atoms with Crippen molar-refractivity contribution in [3.63, 3.8) is 0 Å². The Balaban J connectivity index is 2.57. The Hall–Kier alpha value is -0.0800. The van der Waals surface area contributed by atoms with E-state index < -0.39 is 16.9 Å². The molecule has 19 heavy (non-hydrogen) atoms. The van der Waals surface area contributed by atoms with Crippen LogP contribution in [0.15, 0.2) is 38.2 Å². The number of aromatic amines is 1. The standard InChI is InChI=1S/C11H6Br2ClF2NOS/c12-7-9(19(18)11(15)16)8(17-10(7)13)5-1-3-6(14)4-2-5/h1-4,11,17H. The lowest BCUT2D eigenvalue weighted by atomic mass is 10.2. The van der Waals surface area contributed by atoms with Gasteiger partial charge in [-0.1, -0.05) is 23.7 Å². The number of benzene rings is 1. The van der Waals surface area contributed by atoms with Crippen LogP contribution in [0.5, 0.6) is 0 Å². The van der Waals surface area contributed by atoms with Crippen LogP contribution in [0.4, 0.5) is 8.78 Å². The van der Waals surface area contributed by atoms with Crippen LogP contribution in [0.25, 0.3) is 11.3 Å². The number of hydrogen-bond acceptors (Lipinski definition) is 1. The highest BCUT2D eigenvalue weighted by Crippen LogP contribution is 2.40. The third kappa shape index (κ3) is 3.16. The predicted octanol–water partition coefficient (Wildman–Crippen LogP) is 5.19. The zero-order chi connectivity index (χ0) is 14.2. The summed E-state index contributed by atoms with van der Waals surface area (Å²) in [6.07, 6.45) is 0. The highest BCUT2D eigenvalue weighted by Gasteiger charge is 2.32. The fourth-order valence-electron chi connectivity index (χ4n) is 1.53. The van der Waals surface area contributed by atoms with Gasteiger partial charge in [0.2, 0.25) is 0 Å². The molecule has 1 aromatic carbocycles. The van der Waals surface area contributed by atoms with E-state index in [-0.39, 0.29) is 4.90 Å². The Morgan fingerprint density at radius 1 is 1.21 bits per heavy atom. The van der Waals surface area contributed by atoms with E-state index in [1.807, 2.05) is 0 Å². The minimum atomic E-state index is -2.95. The number of nitrogens with one attached hydrogen (secondary N) is 1. The molecule has 0 aliphatic heterocycles. The highest BCUT2D eigenvalue weighted by atomic mass is 79.9. The minimum Gasteiger partial charge on any atom is -0.607 e. The molecule has 0 spiro atoms. The molecule has 1 heterocycles. The first kappa shape index (κ1) is 15.3. The molecule has 0 saturated carbocycles. The summed E-state index contributed by atoms with van der Waals surface area (Å²) >= 11 is 9.70. The van der Waals surface area contributed by atoms with E-state index in [1.54, 1.807) is 24.3 Å². The Morgan fingerprint density at radius 2 is 1.79 bits per heavy atom. The number of H-pyrrole nitrogens is 1. The minimum absolute atomic E-state index is 0.0317. The molecule has 0 fully saturated rings. The molecule has 2 aromatic rings. The Morgan fingerprint density at radius 3 is 2.32 bits per heavy atom. The molecule has 102 valence electrons. The molecular weight excluding hydrogens is 427 g/mol. The van der Waals surface area contributed by atoms with Crippen LogP contribution >= 0.6 is 43.5 Å². The smallest absolute Gasteiger partial charge is 0.402 e. The average Bonchev–Trinajstić information content (AvgIpc) is 2.66. The van der Waals surface area contributed by atoms with E-state index in [0.29, 0.717) is 25.4 Å². The molecule has 1 unspecified atom stereocenters. The van der Waals surface area contributed by atoms with Gasteiger partial charge >= 0.3 is 5.76 Å². The van der Waals surface area contributed by atoms with Gasteiger partial charge in [0, 0.05) is 10.6 Å². The van der Waals surface area contributed by atoms with Crippen molar-refractivity contribution >= 4 is 54.6 Å². The Bertz CT molecular complexity index is 591. The molecule has 0 aliphatic carbocycles. The predicted molar refractivity (Wildman–Crippen MR) is 79.1 cm³/mol. The number of alkyl halides is 2. The molecule has 2 nitrogen and oxygen atoms in total. The Labute approximate surface area is 133 Å². The molecule has 0 aliphatic rings. The third-order valence-corrected chi connectivity index (χ3v) is 5.92. The van der Waals surface area contributed by atoms with Crippen molar-refractivity contribution in [1.82, 2.24) is 4.98 Å². The van der Waals surface area contributed by atoms with Crippen molar-refractivity contribution in [2.24, 2.45) is 0 Å². The van der Waals surface area contributed by atoms with Gasteiger partial charge in [-0.15, -0.1) is 0 Å². The molecule has 1 N–H and O–H groups in total. The largest absolute Gasteiger partial charge is 0.607 e. The first-order chi connectivity index (χ1) is 8.91. The molecule has 0 radical (unpaired) electrons. The molecule has 8 heteroatoms. The van der Waals surface area contributed by atoms with Gasteiger partial charge < -0.3 is 9.54 Å². The number of halogens is 5. The zero-order valence-corrected chi connectivity index (χ0v) is 13.8. The van der Waals surface area contributed by atoms with Crippen molar-refractivity contribution in [1.29, 1.82) is 0 Å². The van der Waals surface area contributed by atoms with E-state index in [2.05, 4.69) is 36.8 Å². The average molecular weight is 433 g/mol. The number of hydrogen-bond donors (Lipinski definition) is 1. The van der Waals surface area contributed by atoms with E-state index in [9.17, 15) is 13.3 Å². The van der Waals surface area contributed by atoms with Gasteiger partial charge in [-0.05, 0) is 44.0 Å². The quantitative estimate of drug-likeness (QED) is 0.665. The lowest BCUT2D eigenvalue weighted by Crippen LogP contribution is -2.12. The highest BCUT2D eigenvalue weighted by molar-refractivity contribution is 9.13. The Kier molecular flexibility index (Phi) is 4.94.